The van der Waals surface area contributed by atoms with E-state index in [4.69, 9.17) is 19.8 Å². The number of carbonyl (C=O) groups is 2. The normalized spacial score (nSPS) is 4.89. The SMILES string of the molecule is O=C([O-])C(=O)O.[I-].[K+].[Na+]. The fraction of sp³-hybridized carbons (Fsp3) is 0. The van der Waals surface area contributed by atoms with Gasteiger partial charge in [0.2, 0.25) is 0 Å². The smallest absolute Gasteiger partial charge is 1.00 e. The molecule has 0 aromatic rings. The second-order valence-corrected chi connectivity index (χ2v) is 0.593. The first-order valence-electron chi connectivity index (χ1n) is 1.09. The molecule has 42 valence electrons. The average molecular weight is 278 g/mol. The summed E-state index contributed by atoms with van der Waals surface area (Å²) in [4.78, 5) is 18.0. The summed E-state index contributed by atoms with van der Waals surface area (Å²) in [6, 6.07) is 0. The van der Waals surface area contributed by atoms with Gasteiger partial charge >= 0.3 is 86.9 Å². The van der Waals surface area contributed by atoms with Crippen LogP contribution in [0.5, 0.6) is 0 Å². The summed E-state index contributed by atoms with van der Waals surface area (Å²) >= 11 is 0. The van der Waals surface area contributed by atoms with E-state index in [1.165, 1.54) is 0 Å². The second-order valence-electron chi connectivity index (χ2n) is 0.593. The average Bonchev–Trinajstić information content (AvgIpc) is 1.36. The predicted octanol–water partition coefficient (Wildman–Crippen LogP) is -11.2. The second kappa shape index (κ2) is 12.9. The molecular formula is C2HIKNaO4. The van der Waals surface area contributed by atoms with Crippen molar-refractivity contribution in [3.63, 3.8) is 0 Å². The molecule has 0 aliphatic heterocycles. The monoisotopic (exact) mass is 278 g/mol. The number of carboxylic acid groups (broad SMARTS) is 2. The summed E-state index contributed by atoms with van der Waals surface area (Å²) < 4.78 is 0. The van der Waals surface area contributed by atoms with Crippen molar-refractivity contribution in [1.29, 1.82) is 0 Å². The van der Waals surface area contributed by atoms with Gasteiger partial charge in [-0.15, -0.1) is 0 Å². The number of aliphatic carboxylic acids is 2. The van der Waals surface area contributed by atoms with Crippen molar-refractivity contribution in [1.82, 2.24) is 0 Å². The number of carbonyl (C=O) groups excluding carboxylic acids is 1. The van der Waals surface area contributed by atoms with E-state index in [1.54, 1.807) is 0 Å². The minimum atomic E-state index is -2.07. The third kappa shape index (κ3) is 17.9. The van der Waals surface area contributed by atoms with Gasteiger partial charge in [-0.05, 0) is 0 Å². The molecule has 0 bridgehead atoms. The molecule has 0 aliphatic carbocycles. The maximum absolute atomic E-state index is 9.04. The Balaban J connectivity index is -0.0000000417. The van der Waals surface area contributed by atoms with Gasteiger partial charge in [0.25, 0.3) is 0 Å². The van der Waals surface area contributed by atoms with Crippen molar-refractivity contribution in [2.24, 2.45) is 0 Å². The Morgan fingerprint density at radius 3 is 1.44 bits per heavy atom. The van der Waals surface area contributed by atoms with E-state index in [0.717, 1.165) is 0 Å². The Morgan fingerprint density at radius 2 is 1.44 bits per heavy atom. The van der Waals surface area contributed by atoms with Crippen LogP contribution in [0.1, 0.15) is 0 Å². The molecule has 0 heterocycles. The van der Waals surface area contributed by atoms with Gasteiger partial charge in [0.05, 0.1) is 0 Å². The van der Waals surface area contributed by atoms with E-state index in [0.29, 0.717) is 0 Å². The van der Waals surface area contributed by atoms with E-state index < -0.39 is 11.9 Å². The minimum Gasteiger partial charge on any atom is -1.00 e. The zero-order valence-electron chi connectivity index (χ0n) is 5.05. The maximum atomic E-state index is 9.04. The molecule has 0 saturated carbocycles. The molecule has 7 heteroatoms. The van der Waals surface area contributed by atoms with Gasteiger partial charge in [-0.2, -0.15) is 0 Å². The molecule has 0 aliphatic rings. The van der Waals surface area contributed by atoms with Gasteiger partial charge in [0.1, 0.15) is 0 Å². The summed E-state index contributed by atoms with van der Waals surface area (Å²) in [5.74, 6) is -4.01. The van der Waals surface area contributed by atoms with Crippen molar-refractivity contribution in [2.75, 3.05) is 0 Å². The molecule has 0 unspecified atom stereocenters. The molecule has 0 spiro atoms. The van der Waals surface area contributed by atoms with Crippen molar-refractivity contribution in [2.45, 2.75) is 0 Å². The van der Waals surface area contributed by atoms with Crippen LogP contribution < -0.4 is 110 Å². The van der Waals surface area contributed by atoms with Crippen molar-refractivity contribution < 1.29 is 125 Å². The summed E-state index contributed by atoms with van der Waals surface area (Å²) in [7, 11) is 0. The van der Waals surface area contributed by atoms with Crippen molar-refractivity contribution in [3.05, 3.63) is 0 Å². The van der Waals surface area contributed by atoms with Gasteiger partial charge in [-0.3, -0.25) is 0 Å². The van der Waals surface area contributed by atoms with E-state index >= 15 is 0 Å². The van der Waals surface area contributed by atoms with Crippen LogP contribution in [0, 0.1) is 0 Å². The van der Waals surface area contributed by atoms with Gasteiger partial charge in [0, 0.05) is 0 Å². The number of rotatable bonds is 0. The standard InChI is InChI=1S/C2H2O4.HI.K.Na/c3-1(4)2(5)6;;;/h(H,3,4)(H,5,6);1H;;/q;;2*+1/p-2. The molecule has 9 heavy (non-hydrogen) atoms. The van der Waals surface area contributed by atoms with Gasteiger partial charge in [0.15, 0.2) is 5.97 Å². The number of hydrogen-bond donors (Lipinski definition) is 1. The van der Waals surface area contributed by atoms with Gasteiger partial charge < -0.3 is 39.0 Å². The van der Waals surface area contributed by atoms with Crippen LogP contribution in [0.4, 0.5) is 0 Å². The maximum Gasteiger partial charge on any atom is 1.00 e. The van der Waals surface area contributed by atoms with Gasteiger partial charge in [-0.25, -0.2) is 4.79 Å². The van der Waals surface area contributed by atoms with Crippen LogP contribution in [0.2, 0.25) is 0 Å². The van der Waals surface area contributed by atoms with Crippen LogP contribution >= 0.6 is 0 Å². The first-order chi connectivity index (χ1) is 2.64. The molecule has 0 fully saturated rings. The molecule has 0 amide bonds. The first-order valence-corrected chi connectivity index (χ1v) is 1.09. The summed E-state index contributed by atoms with van der Waals surface area (Å²) in [5.41, 5.74) is 0. The fourth-order valence-electron chi connectivity index (χ4n) is 0. The Morgan fingerprint density at radius 1 is 1.33 bits per heavy atom. The van der Waals surface area contributed by atoms with Crippen LogP contribution in [-0.2, 0) is 9.59 Å². The Bertz CT molecular complexity index is 84.6. The van der Waals surface area contributed by atoms with Crippen LogP contribution in [0.25, 0.3) is 0 Å². The topological polar surface area (TPSA) is 77.4 Å². The third-order valence-electron chi connectivity index (χ3n) is 0.175. The number of hydrogen-bond acceptors (Lipinski definition) is 3. The van der Waals surface area contributed by atoms with E-state index in [2.05, 4.69) is 0 Å². The van der Waals surface area contributed by atoms with Crippen LogP contribution in [0.3, 0.4) is 0 Å². The molecular weight excluding hydrogens is 277 g/mol. The fourth-order valence-corrected chi connectivity index (χ4v) is 0. The summed E-state index contributed by atoms with van der Waals surface area (Å²) in [6.45, 7) is 0. The van der Waals surface area contributed by atoms with Crippen molar-refractivity contribution >= 4 is 11.9 Å². The first kappa shape index (κ1) is 22.5. The Hall–Kier alpha value is 2.31. The quantitative estimate of drug-likeness (QED) is 0.271. The largest absolute Gasteiger partial charge is 1.00 e. The van der Waals surface area contributed by atoms with E-state index in [-0.39, 0.29) is 105 Å². The minimum absolute atomic E-state index is 0. The molecule has 0 aromatic carbocycles. The van der Waals surface area contributed by atoms with Crippen LogP contribution in [-0.4, -0.2) is 17.0 Å². The van der Waals surface area contributed by atoms with E-state index in [9.17, 15) is 0 Å². The molecule has 0 atom stereocenters. The molecule has 1 N–H and O–H groups in total. The number of halogens is 1. The summed E-state index contributed by atoms with van der Waals surface area (Å²) in [5, 5.41) is 16.3. The van der Waals surface area contributed by atoms with E-state index in [1.807, 2.05) is 0 Å². The van der Waals surface area contributed by atoms with Gasteiger partial charge in [-0.1, -0.05) is 0 Å². The Kier molecular flexibility index (Phi) is 32.3. The zero-order valence-corrected chi connectivity index (χ0v) is 12.3. The third-order valence-corrected chi connectivity index (χ3v) is 0.175. The molecule has 0 aromatic heterocycles. The molecule has 0 saturated heterocycles. The van der Waals surface area contributed by atoms with Crippen molar-refractivity contribution in [3.8, 4) is 0 Å². The predicted molar refractivity (Wildman–Crippen MR) is 12.6 cm³/mol. The molecule has 4 nitrogen and oxygen atoms in total. The molecule has 0 radical (unpaired) electrons. The Labute approximate surface area is 133 Å². The summed E-state index contributed by atoms with van der Waals surface area (Å²) in [6.07, 6.45) is 0. The van der Waals surface area contributed by atoms with Crippen LogP contribution in [0.15, 0.2) is 0 Å². The zero-order chi connectivity index (χ0) is 5.15. The number of carboxylic acids is 2. The molecule has 0 rings (SSSR count).